The maximum absolute atomic E-state index is 5.53. The maximum atomic E-state index is 5.53. The molecule has 0 aliphatic carbocycles. The highest BCUT2D eigenvalue weighted by Crippen LogP contribution is 2.39. The molecule has 0 amide bonds. The Labute approximate surface area is 124 Å². The summed E-state index contributed by atoms with van der Waals surface area (Å²) in [5.74, 6) is 2.11. The molecule has 0 radical (unpaired) electrons. The van der Waals surface area contributed by atoms with Gasteiger partial charge in [0.2, 0.25) is 0 Å². The van der Waals surface area contributed by atoms with Gasteiger partial charge >= 0.3 is 0 Å². The van der Waals surface area contributed by atoms with Gasteiger partial charge in [-0.2, -0.15) is 5.10 Å². The van der Waals surface area contributed by atoms with Gasteiger partial charge in [0, 0.05) is 12.6 Å². The van der Waals surface area contributed by atoms with Crippen LogP contribution in [0.25, 0.3) is 0 Å². The molecule has 1 aromatic carbocycles. The molecule has 0 aliphatic heterocycles. The lowest BCUT2D eigenvalue weighted by atomic mass is 10.0. The molecular formula is C15H21N3O3. The highest BCUT2D eigenvalue weighted by atomic mass is 16.5. The van der Waals surface area contributed by atoms with Gasteiger partial charge in [-0.15, -0.1) is 0 Å². The van der Waals surface area contributed by atoms with Crippen molar-refractivity contribution in [3.63, 3.8) is 0 Å². The van der Waals surface area contributed by atoms with E-state index in [1.54, 1.807) is 32.2 Å². The Kier molecular flexibility index (Phi) is 4.70. The van der Waals surface area contributed by atoms with Crippen LogP contribution in [0.2, 0.25) is 0 Å². The molecule has 6 heteroatoms. The number of para-hydroxylation sites is 1. The van der Waals surface area contributed by atoms with E-state index >= 15 is 0 Å². The molecule has 21 heavy (non-hydrogen) atoms. The van der Waals surface area contributed by atoms with Gasteiger partial charge in [-0.25, -0.2) is 0 Å². The molecule has 0 bridgehead atoms. The van der Waals surface area contributed by atoms with Crippen LogP contribution >= 0.6 is 0 Å². The van der Waals surface area contributed by atoms with Crippen molar-refractivity contribution in [1.29, 1.82) is 0 Å². The zero-order valence-electron chi connectivity index (χ0n) is 13.0. The molecule has 0 spiro atoms. The number of methoxy groups -OCH3 is 3. The second-order valence-electron chi connectivity index (χ2n) is 4.53. The molecular weight excluding hydrogens is 270 g/mol. The number of aryl methyl sites for hydroxylation is 1. The van der Waals surface area contributed by atoms with Crippen molar-refractivity contribution in [2.24, 2.45) is 7.05 Å². The minimum atomic E-state index is -0.127. The quantitative estimate of drug-likeness (QED) is 0.879. The molecule has 0 saturated carbocycles. The predicted molar refractivity (Wildman–Crippen MR) is 80.2 cm³/mol. The van der Waals surface area contributed by atoms with E-state index in [4.69, 9.17) is 14.2 Å². The number of hydrogen-bond acceptors (Lipinski definition) is 5. The summed E-state index contributed by atoms with van der Waals surface area (Å²) in [5.41, 5.74) is 1.88. The van der Waals surface area contributed by atoms with Crippen LogP contribution in [0, 0.1) is 0 Å². The van der Waals surface area contributed by atoms with Crippen molar-refractivity contribution in [3.05, 3.63) is 35.7 Å². The lowest BCUT2D eigenvalue weighted by Crippen LogP contribution is -2.22. The third-order valence-corrected chi connectivity index (χ3v) is 3.48. The van der Waals surface area contributed by atoms with Crippen LogP contribution in [0.4, 0.5) is 0 Å². The van der Waals surface area contributed by atoms with E-state index in [2.05, 4.69) is 10.4 Å². The summed E-state index contributed by atoms with van der Waals surface area (Å²) in [6.45, 7) is 0. The van der Waals surface area contributed by atoms with Crippen LogP contribution in [0.15, 0.2) is 24.4 Å². The van der Waals surface area contributed by atoms with Gasteiger partial charge in [-0.1, -0.05) is 12.1 Å². The first-order valence-electron chi connectivity index (χ1n) is 6.61. The maximum Gasteiger partial charge on any atom is 0.165 e. The van der Waals surface area contributed by atoms with E-state index in [1.807, 2.05) is 32.3 Å². The van der Waals surface area contributed by atoms with E-state index in [9.17, 15) is 0 Å². The third-order valence-electron chi connectivity index (χ3n) is 3.48. The Morgan fingerprint density at radius 1 is 1.10 bits per heavy atom. The average Bonchev–Trinajstić information content (AvgIpc) is 2.89. The van der Waals surface area contributed by atoms with Crippen LogP contribution in [0.5, 0.6) is 17.2 Å². The van der Waals surface area contributed by atoms with Crippen molar-refractivity contribution in [2.45, 2.75) is 6.04 Å². The number of nitrogens with zero attached hydrogens (tertiary/aromatic N) is 2. The normalized spacial score (nSPS) is 12.0. The standard InChI is InChI=1S/C15H21N3O3/c1-16-13(14-12(20-4)9-17-18(14)2)10-7-6-8-11(19-3)15(10)21-5/h6-9,13,16H,1-5H3. The van der Waals surface area contributed by atoms with Crippen LogP contribution < -0.4 is 19.5 Å². The Balaban J connectivity index is 2.59. The average molecular weight is 291 g/mol. The second kappa shape index (κ2) is 6.49. The fourth-order valence-corrected chi connectivity index (χ4v) is 2.49. The Morgan fingerprint density at radius 2 is 1.81 bits per heavy atom. The summed E-state index contributed by atoms with van der Waals surface area (Å²) in [6.07, 6.45) is 1.70. The largest absolute Gasteiger partial charge is 0.493 e. The minimum Gasteiger partial charge on any atom is -0.493 e. The van der Waals surface area contributed by atoms with Gasteiger partial charge in [-0.05, 0) is 13.1 Å². The SMILES string of the molecule is CNC(c1cccc(OC)c1OC)c1c(OC)cnn1C. The zero-order valence-corrected chi connectivity index (χ0v) is 13.0. The van der Waals surface area contributed by atoms with Crippen molar-refractivity contribution in [3.8, 4) is 17.2 Å². The van der Waals surface area contributed by atoms with E-state index in [0.29, 0.717) is 11.5 Å². The number of nitrogens with one attached hydrogen (secondary N) is 1. The molecule has 1 N–H and O–H groups in total. The van der Waals surface area contributed by atoms with Gasteiger partial charge in [0.1, 0.15) is 5.69 Å². The first kappa shape index (κ1) is 15.2. The van der Waals surface area contributed by atoms with Crippen molar-refractivity contribution >= 4 is 0 Å². The Bertz CT molecular complexity index is 610. The fraction of sp³-hybridized carbons (Fsp3) is 0.400. The van der Waals surface area contributed by atoms with E-state index in [-0.39, 0.29) is 6.04 Å². The number of rotatable bonds is 6. The molecule has 1 heterocycles. The van der Waals surface area contributed by atoms with Gasteiger partial charge in [0.05, 0.1) is 33.6 Å². The van der Waals surface area contributed by atoms with Gasteiger partial charge in [0.25, 0.3) is 0 Å². The molecule has 2 aromatic rings. The fourth-order valence-electron chi connectivity index (χ4n) is 2.49. The zero-order chi connectivity index (χ0) is 15.4. The summed E-state index contributed by atoms with van der Waals surface area (Å²) in [4.78, 5) is 0. The molecule has 0 fully saturated rings. The number of aromatic nitrogens is 2. The topological polar surface area (TPSA) is 57.5 Å². The molecule has 1 atom stereocenters. The number of benzene rings is 1. The lowest BCUT2D eigenvalue weighted by Gasteiger charge is -2.22. The number of hydrogen-bond donors (Lipinski definition) is 1. The van der Waals surface area contributed by atoms with E-state index in [0.717, 1.165) is 17.0 Å². The molecule has 2 rings (SSSR count). The summed E-state index contributed by atoms with van der Waals surface area (Å²) in [6, 6.07) is 5.67. The van der Waals surface area contributed by atoms with Gasteiger partial charge in [0.15, 0.2) is 17.2 Å². The Hall–Kier alpha value is -2.21. The summed E-state index contributed by atoms with van der Waals surface area (Å²) in [5, 5.41) is 7.55. The minimum absolute atomic E-state index is 0.127. The van der Waals surface area contributed by atoms with Crippen LogP contribution in [0.1, 0.15) is 17.3 Å². The van der Waals surface area contributed by atoms with Crippen molar-refractivity contribution in [2.75, 3.05) is 28.4 Å². The van der Waals surface area contributed by atoms with E-state index < -0.39 is 0 Å². The summed E-state index contributed by atoms with van der Waals surface area (Å²) < 4.78 is 18.1. The van der Waals surface area contributed by atoms with E-state index in [1.165, 1.54) is 0 Å². The third kappa shape index (κ3) is 2.67. The lowest BCUT2D eigenvalue weighted by molar-refractivity contribution is 0.347. The molecule has 1 aromatic heterocycles. The smallest absolute Gasteiger partial charge is 0.165 e. The molecule has 1 unspecified atom stereocenters. The molecule has 0 aliphatic rings. The predicted octanol–water partition coefficient (Wildman–Crippen LogP) is 1.75. The monoisotopic (exact) mass is 291 g/mol. The summed E-state index contributed by atoms with van der Waals surface area (Å²) >= 11 is 0. The summed E-state index contributed by atoms with van der Waals surface area (Å²) in [7, 11) is 8.66. The highest BCUT2D eigenvalue weighted by Gasteiger charge is 2.25. The second-order valence-corrected chi connectivity index (χ2v) is 4.53. The highest BCUT2D eigenvalue weighted by molar-refractivity contribution is 5.51. The number of ether oxygens (including phenoxy) is 3. The van der Waals surface area contributed by atoms with Crippen molar-refractivity contribution < 1.29 is 14.2 Å². The van der Waals surface area contributed by atoms with Crippen LogP contribution in [0.3, 0.4) is 0 Å². The Morgan fingerprint density at radius 3 is 2.38 bits per heavy atom. The first-order valence-corrected chi connectivity index (χ1v) is 6.61. The van der Waals surface area contributed by atoms with Crippen LogP contribution in [-0.2, 0) is 7.05 Å². The first-order chi connectivity index (χ1) is 10.2. The molecule has 0 saturated heterocycles. The molecule has 6 nitrogen and oxygen atoms in total. The molecule has 114 valence electrons. The van der Waals surface area contributed by atoms with Gasteiger partial charge < -0.3 is 19.5 Å². The van der Waals surface area contributed by atoms with Crippen LogP contribution in [-0.4, -0.2) is 38.2 Å². The van der Waals surface area contributed by atoms with Gasteiger partial charge in [-0.3, -0.25) is 4.68 Å². The van der Waals surface area contributed by atoms with Crippen molar-refractivity contribution in [1.82, 2.24) is 15.1 Å².